The minimum Gasteiger partial charge on any atom is -0.496 e. The van der Waals surface area contributed by atoms with E-state index < -0.39 is 0 Å². The quantitative estimate of drug-likeness (QED) is 0.397. The summed E-state index contributed by atoms with van der Waals surface area (Å²) in [6.07, 6.45) is 1.79. The molecule has 0 unspecified atom stereocenters. The van der Waals surface area contributed by atoms with Crippen molar-refractivity contribution in [1.29, 1.82) is 0 Å². The van der Waals surface area contributed by atoms with E-state index in [-0.39, 0.29) is 11.7 Å². The number of methoxy groups -OCH3 is 1. The molecule has 0 radical (unpaired) electrons. The molecule has 0 saturated heterocycles. The molecule has 6 nitrogen and oxygen atoms in total. The van der Waals surface area contributed by atoms with Gasteiger partial charge >= 0.3 is 0 Å². The first-order valence-corrected chi connectivity index (χ1v) is 10.2. The molecule has 0 N–H and O–H groups in total. The summed E-state index contributed by atoms with van der Waals surface area (Å²) in [6, 6.07) is 17.6. The molecule has 0 aliphatic heterocycles. The maximum absolute atomic E-state index is 12.6. The number of para-hydroxylation sites is 1. The van der Waals surface area contributed by atoms with Gasteiger partial charge in [0, 0.05) is 20.1 Å². The molecule has 1 aromatic heterocycles. The fourth-order valence-corrected chi connectivity index (χ4v) is 3.79. The largest absolute Gasteiger partial charge is 0.496 e. The van der Waals surface area contributed by atoms with Crippen LogP contribution in [0.1, 0.15) is 5.56 Å². The number of carbonyl (C=O) groups excluding carboxylic acids is 1. The average molecular weight is 409 g/mol. The molecule has 150 valence electrons. The van der Waals surface area contributed by atoms with Gasteiger partial charge in [0.2, 0.25) is 5.91 Å². The van der Waals surface area contributed by atoms with Crippen LogP contribution in [0.25, 0.3) is 11.4 Å². The Labute approximate surface area is 175 Å². The number of hydrogen-bond donors (Lipinski definition) is 0. The molecule has 3 rings (SSSR count). The van der Waals surface area contributed by atoms with Crippen molar-refractivity contribution in [1.82, 2.24) is 19.7 Å². The van der Waals surface area contributed by atoms with Gasteiger partial charge in [-0.3, -0.25) is 9.36 Å². The van der Waals surface area contributed by atoms with Crippen LogP contribution >= 0.6 is 11.8 Å². The lowest BCUT2D eigenvalue weighted by Gasteiger charge is -2.17. The number of hydrogen-bond acceptors (Lipinski definition) is 5. The van der Waals surface area contributed by atoms with Crippen LogP contribution in [-0.2, 0) is 17.9 Å². The Bertz CT molecular complexity index is 972. The maximum atomic E-state index is 12.6. The van der Waals surface area contributed by atoms with Crippen LogP contribution in [0, 0.1) is 0 Å². The molecular weight excluding hydrogens is 384 g/mol. The molecule has 0 bridgehead atoms. The fraction of sp³-hybridized carbons (Fsp3) is 0.227. The van der Waals surface area contributed by atoms with Gasteiger partial charge in [-0.25, -0.2) is 0 Å². The van der Waals surface area contributed by atoms with E-state index in [2.05, 4.69) is 16.8 Å². The Balaban J connectivity index is 1.73. The summed E-state index contributed by atoms with van der Waals surface area (Å²) in [7, 11) is 3.44. The summed E-state index contributed by atoms with van der Waals surface area (Å²) in [5.41, 5.74) is 1.95. The van der Waals surface area contributed by atoms with Gasteiger partial charge in [-0.2, -0.15) is 0 Å². The zero-order valence-electron chi connectivity index (χ0n) is 16.6. The second kappa shape index (κ2) is 9.93. The van der Waals surface area contributed by atoms with Crippen molar-refractivity contribution < 1.29 is 9.53 Å². The minimum atomic E-state index is 0.0332. The van der Waals surface area contributed by atoms with Gasteiger partial charge in [0.25, 0.3) is 0 Å². The zero-order valence-corrected chi connectivity index (χ0v) is 17.4. The first kappa shape index (κ1) is 20.7. The molecular formula is C22H24N4O2S. The monoisotopic (exact) mass is 408 g/mol. The molecule has 29 heavy (non-hydrogen) atoms. The third-order valence-corrected chi connectivity index (χ3v) is 5.34. The summed E-state index contributed by atoms with van der Waals surface area (Å²) >= 11 is 1.37. The molecule has 0 spiro atoms. The van der Waals surface area contributed by atoms with E-state index in [9.17, 15) is 4.79 Å². The van der Waals surface area contributed by atoms with Crippen LogP contribution in [0.3, 0.4) is 0 Å². The highest BCUT2D eigenvalue weighted by Gasteiger charge is 2.18. The smallest absolute Gasteiger partial charge is 0.233 e. The third kappa shape index (κ3) is 5.06. The average Bonchev–Trinajstić information content (AvgIpc) is 3.15. The number of ether oxygens (including phenoxy) is 1. The van der Waals surface area contributed by atoms with Crippen molar-refractivity contribution in [2.45, 2.75) is 18.2 Å². The lowest BCUT2D eigenvalue weighted by atomic mass is 10.2. The van der Waals surface area contributed by atoms with Crippen molar-refractivity contribution in [3.8, 4) is 17.1 Å². The number of aromatic nitrogens is 3. The van der Waals surface area contributed by atoms with Gasteiger partial charge in [0.1, 0.15) is 5.75 Å². The number of nitrogens with zero attached hydrogens (tertiary/aromatic N) is 4. The van der Waals surface area contributed by atoms with Gasteiger partial charge < -0.3 is 9.64 Å². The van der Waals surface area contributed by atoms with Gasteiger partial charge in [0.05, 0.1) is 18.4 Å². The second-order valence-corrected chi connectivity index (χ2v) is 7.37. The first-order chi connectivity index (χ1) is 14.1. The predicted octanol–water partition coefficient (Wildman–Crippen LogP) is 3.89. The van der Waals surface area contributed by atoms with E-state index in [1.54, 1.807) is 18.1 Å². The Morgan fingerprint density at radius 2 is 1.90 bits per heavy atom. The fourth-order valence-electron chi connectivity index (χ4n) is 2.90. The van der Waals surface area contributed by atoms with Crippen molar-refractivity contribution in [3.63, 3.8) is 0 Å². The molecule has 7 heteroatoms. The van der Waals surface area contributed by atoms with E-state index in [0.29, 0.717) is 24.1 Å². The Morgan fingerprint density at radius 1 is 1.17 bits per heavy atom. The van der Waals surface area contributed by atoms with Crippen molar-refractivity contribution in [3.05, 3.63) is 72.8 Å². The van der Waals surface area contributed by atoms with E-state index in [0.717, 1.165) is 16.9 Å². The number of allylic oxidation sites excluding steroid dienone is 1. The Kier molecular flexibility index (Phi) is 7.08. The van der Waals surface area contributed by atoms with E-state index in [1.807, 2.05) is 66.2 Å². The highest BCUT2D eigenvalue weighted by molar-refractivity contribution is 7.99. The summed E-state index contributed by atoms with van der Waals surface area (Å²) in [5, 5.41) is 9.32. The minimum absolute atomic E-state index is 0.0332. The summed E-state index contributed by atoms with van der Waals surface area (Å²) in [6.45, 7) is 4.95. The van der Waals surface area contributed by atoms with E-state index >= 15 is 0 Å². The molecule has 0 atom stereocenters. The van der Waals surface area contributed by atoms with Gasteiger partial charge in [-0.05, 0) is 17.7 Å². The Hall–Kier alpha value is -3.06. The molecule has 1 amide bonds. The summed E-state index contributed by atoms with van der Waals surface area (Å²) < 4.78 is 7.40. The number of rotatable bonds is 9. The molecule has 0 fully saturated rings. The topological polar surface area (TPSA) is 60.2 Å². The summed E-state index contributed by atoms with van der Waals surface area (Å²) in [4.78, 5) is 14.3. The number of benzene rings is 2. The van der Waals surface area contributed by atoms with Crippen molar-refractivity contribution in [2.24, 2.45) is 0 Å². The van der Waals surface area contributed by atoms with E-state index in [4.69, 9.17) is 4.74 Å². The first-order valence-electron chi connectivity index (χ1n) is 9.22. The zero-order chi connectivity index (χ0) is 20.6. The third-order valence-electron chi connectivity index (χ3n) is 4.39. The van der Waals surface area contributed by atoms with Gasteiger partial charge in [-0.1, -0.05) is 60.3 Å². The van der Waals surface area contributed by atoms with Crippen LogP contribution < -0.4 is 4.74 Å². The van der Waals surface area contributed by atoms with Crippen LogP contribution in [0.2, 0.25) is 0 Å². The van der Waals surface area contributed by atoms with Crippen LogP contribution in [0.5, 0.6) is 5.75 Å². The van der Waals surface area contributed by atoms with Crippen LogP contribution in [0.4, 0.5) is 0 Å². The number of thioether (sulfide) groups is 1. The lowest BCUT2D eigenvalue weighted by Crippen LogP contribution is -2.27. The molecule has 0 saturated carbocycles. The maximum Gasteiger partial charge on any atom is 0.233 e. The van der Waals surface area contributed by atoms with Crippen molar-refractivity contribution in [2.75, 3.05) is 19.9 Å². The van der Waals surface area contributed by atoms with Gasteiger partial charge in [-0.15, -0.1) is 16.8 Å². The van der Waals surface area contributed by atoms with Crippen LogP contribution in [0.15, 0.2) is 72.4 Å². The second-order valence-electron chi connectivity index (χ2n) is 6.43. The predicted molar refractivity (Wildman–Crippen MR) is 116 cm³/mol. The van der Waals surface area contributed by atoms with E-state index in [1.165, 1.54) is 11.8 Å². The summed E-state index contributed by atoms with van der Waals surface area (Å²) in [5.74, 6) is 1.73. The molecule has 3 aromatic rings. The molecule has 0 aliphatic rings. The molecule has 2 aromatic carbocycles. The van der Waals surface area contributed by atoms with Crippen LogP contribution in [-0.4, -0.2) is 45.5 Å². The Morgan fingerprint density at radius 3 is 2.62 bits per heavy atom. The standard InChI is InChI=1S/C22H24N4O2S/c1-4-14-26-21(18-12-8-9-13-19(18)28-3)23-24-22(26)29-16-20(27)25(2)15-17-10-6-5-7-11-17/h4-13H,1,14-16H2,2-3H3. The lowest BCUT2D eigenvalue weighted by molar-refractivity contribution is -0.127. The number of amides is 1. The normalized spacial score (nSPS) is 10.6. The molecule has 0 aliphatic carbocycles. The molecule has 1 heterocycles. The number of carbonyl (C=O) groups is 1. The highest BCUT2D eigenvalue weighted by atomic mass is 32.2. The van der Waals surface area contributed by atoms with Crippen molar-refractivity contribution >= 4 is 17.7 Å². The van der Waals surface area contributed by atoms with Gasteiger partial charge in [0.15, 0.2) is 11.0 Å². The SMILES string of the molecule is C=CCn1c(SCC(=O)N(C)Cc2ccccc2)nnc1-c1ccccc1OC. The highest BCUT2D eigenvalue weighted by Crippen LogP contribution is 2.31.